The van der Waals surface area contributed by atoms with E-state index in [0.717, 1.165) is 73.5 Å². The van der Waals surface area contributed by atoms with E-state index in [2.05, 4.69) is 23.6 Å². The summed E-state index contributed by atoms with van der Waals surface area (Å²) in [6.45, 7) is 13.0. The molecule has 2 fully saturated rings. The van der Waals surface area contributed by atoms with Gasteiger partial charge in [-0.15, -0.1) is 6.58 Å². The highest BCUT2D eigenvalue weighted by molar-refractivity contribution is 6.03. The topological polar surface area (TPSA) is 122 Å². The lowest BCUT2D eigenvalue weighted by Crippen LogP contribution is -2.70. The first kappa shape index (κ1) is 40.8. The molecule has 0 bridgehead atoms. The van der Waals surface area contributed by atoms with Crippen LogP contribution in [0, 0.1) is 17.8 Å². The van der Waals surface area contributed by atoms with Crippen molar-refractivity contribution in [1.29, 1.82) is 0 Å². The summed E-state index contributed by atoms with van der Waals surface area (Å²) in [4.78, 5) is 24.3. The Bertz CT molecular complexity index is 1610. The van der Waals surface area contributed by atoms with Gasteiger partial charge in [-0.1, -0.05) is 67.4 Å². The zero-order valence-corrected chi connectivity index (χ0v) is 32.8. The number of hydrogen-bond donors (Lipinski definition) is 2. The molecule has 0 radical (unpaired) electrons. The smallest absolute Gasteiger partial charge is 0.410 e. The van der Waals surface area contributed by atoms with Gasteiger partial charge in [0.1, 0.15) is 30.8 Å². The highest BCUT2D eigenvalue weighted by Gasteiger charge is 2.65. The summed E-state index contributed by atoms with van der Waals surface area (Å²) in [6, 6.07) is 15.5. The molecule has 1 amide bonds. The van der Waals surface area contributed by atoms with Crippen LogP contribution in [0.5, 0.6) is 11.5 Å². The van der Waals surface area contributed by atoms with Crippen molar-refractivity contribution in [2.24, 2.45) is 22.9 Å². The first-order valence-corrected chi connectivity index (χ1v) is 20.5. The zero-order chi connectivity index (χ0) is 38.6. The summed E-state index contributed by atoms with van der Waals surface area (Å²) < 4.78 is 26.4. The van der Waals surface area contributed by atoms with Crippen molar-refractivity contribution >= 4 is 11.8 Å². The van der Waals surface area contributed by atoms with Gasteiger partial charge in [0.2, 0.25) is 5.79 Å². The summed E-state index contributed by atoms with van der Waals surface area (Å²) >= 11 is 0. The van der Waals surface area contributed by atoms with Gasteiger partial charge in [0.05, 0.1) is 24.8 Å². The molecule has 1 saturated heterocycles. The molecule has 11 nitrogen and oxygen atoms in total. The number of benzene rings is 2. The second-order valence-electron chi connectivity index (χ2n) is 15.1. The molecule has 2 aliphatic carbocycles. The largest absolute Gasteiger partial charge is 0.492 e. The lowest BCUT2D eigenvalue weighted by molar-refractivity contribution is -0.255. The molecule has 300 valence electrons. The Morgan fingerprint density at radius 1 is 1.07 bits per heavy atom. The number of allylic oxidation sites excluding steroid dienone is 1. The normalized spacial score (nSPS) is 25.9. The Balaban J connectivity index is 1.54. The van der Waals surface area contributed by atoms with Crippen molar-refractivity contribution in [3.05, 3.63) is 84.0 Å². The molecular weight excluding hydrogens is 698 g/mol. The number of amides is 1. The third kappa shape index (κ3) is 9.56. The fraction of sp³-hybridized carbons (Fsp3) is 0.591. The van der Waals surface area contributed by atoms with Crippen LogP contribution in [0.1, 0.15) is 82.3 Å². The standard InChI is InChI=1S/C44H61N3O8/c1-4-20-47(43(50)51-6-3)40-30-38(45-54-31-32-14-8-7-9-15-32)36-28-33(16-10-12-24-48)35(17-11-13-25-49)41-37-29-34(52-27-23-46-21-22-46)18-19-39(37)55-44(40,42(36)41)53-26-5-2/h5,7-9,14-15,18-19,28-29,33,35,40-42,48-49H,2,4,6,10-13,16-17,20-27,30-31H2,1,3H3. The van der Waals surface area contributed by atoms with E-state index in [1.165, 1.54) is 0 Å². The minimum atomic E-state index is -1.31. The molecule has 2 N–H and O–H groups in total. The summed E-state index contributed by atoms with van der Waals surface area (Å²) in [7, 11) is 0. The summed E-state index contributed by atoms with van der Waals surface area (Å²) in [6.07, 6.45) is 9.57. The molecule has 55 heavy (non-hydrogen) atoms. The number of unbranched alkanes of at least 4 members (excludes halogenated alkanes) is 2. The number of carbonyl (C=O) groups excluding carboxylic acids is 1. The van der Waals surface area contributed by atoms with Crippen LogP contribution < -0.4 is 9.47 Å². The number of carbonyl (C=O) groups is 1. The lowest BCUT2D eigenvalue weighted by atomic mass is 9.55. The number of fused-ring (bicyclic) bond motifs is 2. The monoisotopic (exact) mass is 759 g/mol. The van der Waals surface area contributed by atoms with Crippen LogP contribution >= 0.6 is 0 Å². The molecule has 1 saturated carbocycles. The quantitative estimate of drug-likeness (QED) is 0.0561. The Morgan fingerprint density at radius 3 is 2.56 bits per heavy atom. The fourth-order valence-electron chi connectivity index (χ4n) is 8.91. The summed E-state index contributed by atoms with van der Waals surface area (Å²) in [5.41, 5.74) is 3.81. The molecule has 0 aromatic heterocycles. The maximum absolute atomic E-state index is 14.0. The number of aliphatic hydroxyl groups excluding tert-OH is 2. The van der Waals surface area contributed by atoms with Crippen molar-refractivity contribution in [2.75, 3.05) is 59.2 Å². The van der Waals surface area contributed by atoms with E-state index in [1.54, 1.807) is 11.0 Å². The molecule has 11 heteroatoms. The minimum absolute atomic E-state index is 0.116. The van der Waals surface area contributed by atoms with Crippen LogP contribution in [0.15, 0.2) is 78.0 Å². The lowest BCUT2D eigenvalue weighted by Gasteiger charge is -2.59. The first-order valence-electron chi connectivity index (χ1n) is 20.5. The van der Waals surface area contributed by atoms with Crippen LogP contribution in [0.4, 0.5) is 4.79 Å². The molecule has 2 aromatic carbocycles. The Morgan fingerprint density at radius 2 is 1.85 bits per heavy atom. The van der Waals surface area contributed by atoms with E-state index in [4.69, 9.17) is 28.9 Å². The number of rotatable bonds is 22. The second-order valence-corrected chi connectivity index (χ2v) is 15.1. The SMILES string of the molecule is C=CCOC12Oc3ccc(OCCN4CC4)cc3C3C(CCCCO)C(CCCCO)C=C(C(=NOCc4ccccc4)CC1N(CCC)C(=O)OCC)C32. The van der Waals surface area contributed by atoms with Gasteiger partial charge in [-0.05, 0) is 80.2 Å². The highest BCUT2D eigenvalue weighted by atomic mass is 16.7. The third-order valence-corrected chi connectivity index (χ3v) is 11.5. The number of nitrogens with zero attached hydrogens (tertiary/aromatic N) is 3. The van der Waals surface area contributed by atoms with E-state index in [9.17, 15) is 15.0 Å². The molecule has 2 heterocycles. The van der Waals surface area contributed by atoms with Crippen molar-refractivity contribution in [1.82, 2.24) is 9.80 Å². The summed E-state index contributed by atoms with van der Waals surface area (Å²) in [5.74, 6) is -0.0413. The molecular formula is C44H61N3O8. The van der Waals surface area contributed by atoms with Gasteiger partial charge in [-0.25, -0.2) is 4.79 Å². The van der Waals surface area contributed by atoms with Crippen molar-refractivity contribution in [3.8, 4) is 11.5 Å². The van der Waals surface area contributed by atoms with E-state index >= 15 is 0 Å². The van der Waals surface area contributed by atoms with Crippen LogP contribution in [0.25, 0.3) is 0 Å². The van der Waals surface area contributed by atoms with E-state index in [1.807, 2.05) is 56.3 Å². The Kier molecular flexibility index (Phi) is 14.7. The fourth-order valence-corrected chi connectivity index (χ4v) is 8.91. The average molecular weight is 760 g/mol. The molecule has 2 aromatic rings. The number of aliphatic hydroxyl groups is 2. The van der Waals surface area contributed by atoms with Gasteiger partial charge in [-0.3, -0.25) is 9.80 Å². The van der Waals surface area contributed by atoms with Crippen LogP contribution in [0.3, 0.4) is 0 Å². The van der Waals surface area contributed by atoms with E-state index < -0.39 is 17.9 Å². The van der Waals surface area contributed by atoms with Crippen LogP contribution in [-0.4, -0.2) is 103 Å². The van der Waals surface area contributed by atoms with Gasteiger partial charge in [0.15, 0.2) is 0 Å². The number of ether oxygens (including phenoxy) is 4. The molecule has 0 spiro atoms. The number of oxime groups is 1. The third-order valence-electron chi connectivity index (χ3n) is 11.5. The predicted molar refractivity (Wildman–Crippen MR) is 212 cm³/mol. The predicted octanol–water partition coefficient (Wildman–Crippen LogP) is 7.08. The molecule has 6 unspecified atom stereocenters. The molecule has 6 atom stereocenters. The Hall–Kier alpha value is -3.90. The van der Waals surface area contributed by atoms with Gasteiger partial charge >= 0.3 is 6.09 Å². The van der Waals surface area contributed by atoms with Gasteiger partial charge < -0.3 is 34.0 Å². The van der Waals surface area contributed by atoms with Crippen LogP contribution in [0.2, 0.25) is 0 Å². The number of hydrogen-bond acceptors (Lipinski definition) is 10. The van der Waals surface area contributed by atoms with E-state index in [0.29, 0.717) is 51.2 Å². The average Bonchev–Trinajstić information content (AvgIpc) is 4.03. The van der Waals surface area contributed by atoms with Crippen molar-refractivity contribution in [3.63, 3.8) is 0 Å². The van der Waals surface area contributed by atoms with E-state index in [-0.39, 0.29) is 50.1 Å². The molecule has 6 rings (SSSR count). The first-order chi connectivity index (χ1) is 27.0. The van der Waals surface area contributed by atoms with Crippen molar-refractivity contribution < 1.29 is 38.8 Å². The molecule has 4 aliphatic rings. The van der Waals surface area contributed by atoms with Gasteiger partial charge in [0, 0.05) is 57.3 Å². The second kappa shape index (κ2) is 19.8. The van der Waals surface area contributed by atoms with Crippen LogP contribution in [-0.2, 0) is 20.9 Å². The van der Waals surface area contributed by atoms with Gasteiger partial charge in [0.25, 0.3) is 0 Å². The maximum atomic E-state index is 14.0. The minimum Gasteiger partial charge on any atom is -0.492 e. The highest BCUT2D eigenvalue weighted by Crippen LogP contribution is 2.62. The van der Waals surface area contributed by atoms with Gasteiger partial charge in [-0.2, -0.15) is 0 Å². The Labute approximate surface area is 326 Å². The van der Waals surface area contributed by atoms with Crippen molar-refractivity contribution in [2.45, 2.75) is 89.6 Å². The maximum Gasteiger partial charge on any atom is 0.410 e. The molecule has 2 aliphatic heterocycles. The summed E-state index contributed by atoms with van der Waals surface area (Å²) in [5, 5.41) is 24.6. The zero-order valence-electron chi connectivity index (χ0n) is 32.8.